The van der Waals surface area contributed by atoms with Crippen LogP contribution in [0.1, 0.15) is 49.1 Å². The number of imide groups is 1. The number of carbonyl (C=O) groups is 4. The Bertz CT molecular complexity index is 1550. The molecule has 1 N–H and O–H groups in total. The van der Waals surface area contributed by atoms with Crippen molar-refractivity contribution in [1.82, 2.24) is 4.90 Å². The Balaban J connectivity index is 1.49. The van der Waals surface area contributed by atoms with Gasteiger partial charge in [-0.15, -0.1) is 0 Å². The van der Waals surface area contributed by atoms with Gasteiger partial charge >= 0.3 is 5.97 Å². The lowest BCUT2D eigenvalue weighted by atomic mass is 10.0. The fraction of sp³-hybridized carbons (Fsp3) is 0.152. The van der Waals surface area contributed by atoms with E-state index in [9.17, 15) is 19.2 Å². The predicted molar refractivity (Wildman–Crippen MR) is 151 cm³/mol. The number of ether oxygens (including phenoxy) is 1. The zero-order valence-electron chi connectivity index (χ0n) is 22.2. The summed E-state index contributed by atoms with van der Waals surface area (Å²) in [6.07, 6.45) is -1.28. The molecule has 0 fully saturated rings. The van der Waals surface area contributed by atoms with E-state index in [-0.39, 0.29) is 17.5 Å². The average Bonchev–Trinajstić information content (AvgIpc) is 3.22. The molecule has 0 spiro atoms. The van der Waals surface area contributed by atoms with Gasteiger partial charge in [0.05, 0.1) is 11.1 Å². The topological polar surface area (TPSA) is 92.8 Å². The molecule has 0 bridgehead atoms. The molecule has 4 aromatic carbocycles. The number of anilines is 1. The third-order valence-corrected chi connectivity index (χ3v) is 6.91. The number of nitrogens with one attached hydrogen (secondary N) is 1. The maximum atomic E-state index is 13.9. The molecular weight excluding hydrogens is 504 g/mol. The van der Waals surface area contributed by atoms with E-state index in [1.54, 1.807) is 66.7 Å². The van der Waals surface area contributed by atoms with Crippen LogP contribution in [0.3, 0.4) is 0 Å². The van der Waals surface area contributed by atoms with Crippen LogP contribution in [-0.4, -0.2) is 34.6 Å². The minimum atomic E-state index is -1.32. The number of hydrogen-bond donors (Lipinski definition) is 1. The van der Waals surface area contributed by atoms with Gasteiger partial charge in [-0.05, 0) is 48.7 Å². The summed E-state index contributed by atoms with van der Waals surface area (Å²) >= 11 is 0. The third kappa shape index (κ3) is 5.40. The molecule has 7 nitrogen and oxygen atoms in total. The Labute approximate surface area is 232 Å². The largest absolute Gasteiger partial charge is 0.446 e. The number of amides is 3. The van der Waals surface area contributed by atoms with Gasteiger partial charge in [-0.1, -0.05) is 84.9 Å². The summed E-state index contributed by atoms with van der Waals surface area (Å²) in [5, 5.41) is 2.88. The minimum Gasteiger partial charge on any atom is -0.446 e. The van der Waals surface area contributed by atoms with Crippen LogP contribution in [0.25, 0.3) is 0 Å². The first-order valence-corrected chi connectivity index (χ1v) is 13.0. The van der Waals surface area contributed by atoms with E-state index in [4.69, 9.17) is 4.74 Å². The summed E-state index contributed by atoms with van der Waals surface area (Å²) < 4.78 is 5.89. The Morgan fingerprint density at radius 2 is 1.35 bits per heavy atom. The van der Waals surface area contributed by atoms with E-state index in [0.29, 0.717) is 11.3 Å². The summed E-state index contributed by atoms with van der Waals surface area (Å²) in [4.78, 5) is 55.1. The summed E-state index contributed by atoms with van der Waals surface area (Å²) in [5.74, 6) is -2.55. The zero-order valence-corrected chi connectivity index (χ0v) is 22.2. The van der Waals surface area contributed by atoms with E-state index in [1.165, 1.54) is 0 Å². The molecule has 0 radical (unpaired) electrons. The number of hydrogen-bond acceptors (Lipinski definition) is 5. The average molecular weight is 533 g/mol. The molecule has 0 unspecified atom stereocenters. The predicted octanol–water partition coefficient (Wildman–Crippen LogP) is 5.43. The van der Waals surface area contributed by atoms with E-state index >= 15 is 0 Å². The Kier molecular flexibility index (Phi) is 7.55. The lowest BCUT2D eigenvalue weighted by Gasteiger charge is -2.27. The highest BCUT2D eigenvalue weighted by atomic mass is 16.5. The SMILES string of the molecule is Cc1ccc(C)c(NC(=O)[C@H](OC(=O)[C@@H](Cc2ccccc2)N2C(=O)c3ccccc3C2=O)c2ccccc2)c1. The minimum absolute atomic E-state index is 0.0330. The number of fused-ring (bicyclic) bond motifs is 1. The van der Waals surface area contributed by atoms with Crippen molar-refractivity contribution in [2.45, 2.75) is 32.4 Å². The van der Waals surface area contributed by atoms with Crippen LogP contribution in [0.4, 0.5) is 5.69 Å². The van der Waals surface area contributed by atoms with Gasteiger partial charge in [-0.2, -0.15) is 0 Å². The van der Waals surface area contributed by atoms with Crippen LogP contribution in [0.2, 0.25) is 0 Å². The van der Waals surface area contributed by atoms with Crippen LogP contribution in [0.5, 0.6) is 0 Å². The lowest BCUT2D eigenvalue weighted by Crippen LogP contribution is -2.47. The first kappa shape index (κ1) is 26.6. The molecule has 2 atom stereocenters. The summed E-state index contributed by atoms with van der Waals surface area (Å²) in [6.45, 7) is 3.79. The lowest BCUT2D eigenvalue weighted by molar-refractivity contribution is -0.158. The van der Waals surface area contributed by atoms with Gasteiger partial charge in [-0.3, -0.25) is 19.3 Å². The Hall–Kier alpha value is -5.04. The molecule has 200 valence electrons. The quantitative estimate of drug-likeness (QED) is 0.241. The molecule has 0 aliphatic carbocycles. The van der Waals surface area contributed by atoms with Crippen molar-refractivity contribution < 1.29 is 23.9 Å². The molecule has 4 aromatic rings. The number of nitrogens with zero attached hydrogens (tertiary/aromatic N) is 1. The van der Waals surface area contributed by atoms with Crippen LogP contribution in [0, 0.1) is 13.8 Å². The molecule has 1 aliphatic heterocycles. The molecule has 0 aromatic heterocycles. The van der Waals surface area contributed by atoms with Gasteiger partial charge in [0.2, 0.25) is 6.10 Å². The number of carbonyl (C=O) groups excluding carboxylic acids is 4. The highest BCUT2D eigenvalue weighted by Gasteiger charge is 2.44. The van der Waals surface area contributed by atoms with Crippen molar-refractivity contribution in [3.63, 3.8) is 0 Å². The van der Waals surface area contributed by atoms with Gasteiger partial charge in [0.25, 0.3) is 17.7 Å². The standard InChI is InChI=1S/C33H28N2O5/c1-21-17-18-22(2)27(19-21)34-30(36)29(24-13-7-4-8-14-24)40-33(39)28(20-23-11-5-3-6-12-23)35-31(37)25-15-9-10-16-26(25)32(35)38/h3-19,28-29H,20H2,1-2H3,(H,34,36)/t28-,29-/m1/s1. The molecule has 1 heterocycles. The van der Waals surface area contributed by atoms with Gasteiger partial charge in [0, 0.05) is 17.7 Å². The maximum Gasteiger partial charge on any atom is 0.330 e. The number of rotatable bonds is 8. The second-order valence-corrected chi connectivity index (χ2v) is 9.77. The third-order valence-electron chi connectivity index (χ3n) is 6.91. The van der Waals surface area contributed by atoms with E-state index in [1.807, 2.05) is 50.2 Å². The normalized spacial score (nSPS) is 13.9. The van der Waals surface area contributed by atoms with Crippen molar-refractivity contribution in [1.29, 1.82) is 0 Å². The van der Waals surface area contributed by atoms with Crippen LogP contribution >= 0.6 is 0 Å². The van der Waals surface area contributed by atoms with Crippen molar-refractivity contribution in [3.8, 4) is 0 Å². The second-order valence-electron chi connectivity index (χ2n) is 9.77. The monoisotopic (exact) mass is 532 g/mol. The van der Waals surface area contributed by atoms with Gasteiger partial charge in [-0.25, -0.2) is 4.79 Å². The van der Waals surface area contributed by atoms with Gasteiger partial charge in [0.15, 0.2) is 0 Å². The van der Waals surface area contributed by atoms with Crippen molar-refractivity contribution in [2.24, 2.45) is 0 Å². The molecular formula is C33H28N2O5. The van der Waals surface area contributed by atoms with Crippen molar-refractivity contribution in [3.05, 3.63) is 137 Å². The summed E-state index contributed by atoms with van der Waals surface area (Å²) in [5.41, 5.74) is 4.06. The first-order valence-electron chi connectivity index (χ1n) is 13.0. The number of esters is 1. The van der Waals surface area contributed by atoms with Crippen molar-refractivity contribution >= 4 is 29.4 Å². The molecule has 3 amide bonds. The summed E-state index contributed by atoms with van der Waals surface area (Å²) in [6, 6.07) is 28.6. The maximum absolute atomic E-state index is 13.9. The van der Waals surface area contributed by atoms with E-state index < -0.39 is 35.8 Å². The Morgan fingerprint density at radius 3 is 1.98 bits per heavy atom. The number of benzene rings is 4. The van der Waals surface area contributed by atoms with Gasteiger partial charge < -0.3 is 10.1 Å². The fourth-order valence-electron chi connectivity index (χ4n) is 4.77. The van der Waals surface area contributed by atoms with E-state index in [2.05, 4.69) is 5.32 Å². The Morgan fingerprint density at radius 1 is 0.775 bits per heavy atom. The zero-order chi connectivity index (χ0) is 28.2. The van der Waals surface area contributed by atoms with Crippen molar-refractivity contribution in [2.75, 3.05) is 5.32 Å². The second kappa shape index (κ2) is 11.4. The number of aryl methyl sites for hydroxylation is 2. The molecule has 5 rings (SSSR count). The summed E-state index contributed by atoms with van der Waals surface area (Å²) in [7, 11) is 0. The highest BCUT2D eigenvalue weighted by molar-refractivity contribution is 6.22. The molecule has 40 heavy (non-hydrogen) atoms. The molecule has 0 saturated carbocycles. The van der Waals surface area contributed by atoms with Crippen LogP contribution in [-0.2, 0) is 20.7 Å². The van der Waals surface area contributed by atoms with Gasteiger partial charge in [0.1, 0.15) is 6.04 Å². The van der Waals surface area contributed by atoms with Crippen LogP contribution in [0.15, 0.2) is 103 Å². The van der Waals surface area contributed by atoms with E-state index in [0.717, 1.165) is 21.6 Å². The fourth-order valence-corrected chi connectivity index (χ4v) is 4.77. The first-order chi connectivity index (χ1) is 19.3. The van der Waals surface area contributed by atoms with Crippen LogP contribution < -0.4 is 5.32 Å². The highest BCUT2D eigenvalue weighted by Crippen LogP contribution is 2.29. The smallest absolute Gasteiger partial charge is 0.330 e. The molecule has 7 heteroatoms. The molecule has 1 aliphatic rings. The molecule has 0 saturated heterocycles.